The van der Waals surface area contributed by atoms with Gasteiger partial charge in [-0.3, -0.25) is 10.1 Å². The number of rotatable bonds is 6. The summed E-state index contributed by atoms with van der Waals surface area (Å²) in [5, 5.41) is 14.2. The Kier molecular flexibility index (Phi) is 4.87. The van der Waals surface area contributed by atoms with E-state index in [9.17, 15) is 10.1 Å². The number of nitrogens with zero attached hydrogens (tertiary/aromatic N) is 1. The maximum Gasteiger partial charge on any atom is 0.272 e. The van der Waals surface area contributed by atoms with Gasteiger partial charge in [0.25, 0.3) is 5.69 Å². The summed E-state index contributed by atoms with van der Waals surface area (Å²) < 4.78 is 5.55. The van der Waals surface area contributed by atoms with Crippen LogP contribution in [0.3, 0.4) is 0 Å². The second-order valence-electron chi connectivity index (χ2n) is 4.92. The van der Waals surface area contributed by atoms with Crippen LogP contribution in [0.4, 0.5) is 5.69 Å². The van der Waals surface area contributed by atoms with Crippen LogP contribution in [0.15, 0.2) is 18.2 Å². The molecule has 1 aromatic carbocycles. The van der Waals surface area contributed by atoms with Crippen LogP contribution < -0.4 is 5.32 Å². The Bertz CT molecular complexity index is 442. The summed E-state index contributed by atoms with van der Waals surface area (Å²) in [4.78, 5) is 10.5. The minimum Gasteiger partial charge on any atom is -0.378 e. The summed E-state index contributed by atoms with van der Waals surface area (Å²) in [5.41, 5.74) is 1.93. The number of hydrogen-bond donors (Lipinski definition) is 1. The van der Waals surface area contributed by atoms with Crippen molar-refractivity contribution >= 4 is 5.69 Å². The van der Waals surface area contributed by atoms with Gasteiger partial charge < -0.3 is 10.1 Å². The summed E-state index contributed by atoms with van der Waals surface area (Å²) in [6, 6.07) is 5.22. The first kappa shape index (κ1) is 14.0. The Morgan fingerprint density at radius 1 is 1.53 bits per heavy atom. The Labute approximate surface area is 113 Å². The molecule has 0 aliphatic carbocycles. The van der Waals surface area contributed by atoms with Gasteiger partial charge in [0.05, 0.1) is 11.0 Å². The third-order valence-electron chi connectivity index (χ3n) is 3.60. The van der Waals surface area contributed by atoms with Crippen molar-refractivity contribution in [2.45, 2.75) is 38.8 Å². The van der Waals surface area contributed by atoms with Gasteiger partial charge in [-0.05, 0) is 38.3 Å². The normalized spacial score (nSPS) is 18.7. The molecule has 0 radical (unpaired) electrons. The Hall–Kier alpha value is -1.46. The number of nitro benzene ring substituents is 1. The van der Waals surface area contributed by atoms with Crippen LogP contribution in [0, 0.1) is 17.0 Å². The van der Waals surface area contributed by atoms with E-state index in [1.165, 1.54) is 0 Å². The van der Waals surface area contributed by atoms with Crippen LogP contribution in [0.25, 0.3) is 0 Å². The first-order valence-electron chi connectivity index (χ1n) is 6.73. The molecule has 104 valence electrons. The molecule has 19 heavy (non-hydrogen) atoms. The molecule has 1 N–H and O–H groups in total. The van der Waals surface area contributed by atoms with Crippen molar-refractivity contribution in [2.24, 2.45) is 0 Å². The van der Waals surface area contributed by atoms with Crippen LogP contribution >= 0.6 is 0 Å². The third kappa shape index (κ3) is 3.75. The SMILES string of the molecule is Cc1c(CNCCC2CCCO2)cccc1[N+](=O)[O-]. The molecule has 0 saturated carbocycles. The fourth-order valence-corrected chi connectivity index (χ4v) is 2.42. The van der Waals surface area contributed by atoms with Crippen molar-refractivity contribution in [1.82, 2.24) is 5.32 Å². The molecule has 5 nitrogen and oxygen atoms in total. The van der Waals surface area contributed by atoms with E-state index < -0.39 is 0 Å². The van der Waals surface area contributed by atoms with Crippen molar-refractivity contribution in [2.75, 3.05) is 13.2 Å². The molecule has 1 fully saturated rings. The van der Waals surface area contributed by atoms with Gasteiger partial charge in [-0.2, -0.15) is 0 Å². The largest absolute Gasteiger partial charge is 0.378 e. The van der Waals surface area contributed by atoms with Crippen LogP contribution in [-0.4, -0.2) is 24.2 Å². The summed E-state index contributed by atoms with van der Waals surface area (Å²) in [6.07, 6.45) is 3.71. The van der Waals surface area contributed by atoms with E-state index in [-0.39, 0.29) is 10.6 Å². The maximum atomic E-state index is 10.8. The average Bonchev–Trinajstić information content (AvgIpc) is 2.89. The predicted molar refractivity (Wildman–Crippen MR) is 73.1 cm³/mol. The van der Waals surface area contributed by atoms with E-state index >= 15 is 0 Å². The second-order valence-corrected chi connectivity index (χ2v) is 4.92. The number of nitrogens with one attached hydrogen (secondary N) is 1. The van der Waals surface area contributed by atoms with Gasteiger partial charge in [0.2, 0.25) is 0 Å². The highest BCUT2D eigenvalue weighted by Crippen LogP contribution is 2.21. The standard InChI is InChI=1S/C14H20N2O3/c1-11-12(4-2-6-14(11)16(17)18)10-15-8-7-13-5-3-9-19-13/h2,4,6,13,15H,3,5,7-10H2,1H3. The molecule has 0 amide bonds. The zero-order valence-electron chi connectivity index (χ0n) is 11.2. The molecule has 0 aromatic heterocycles. The van der Waals surface area contributed by atoms with Crippen molar-refractivity contribution in [3.05, 3.63) is 39.4 Å². The highest BCUT2D eigenvalue weighted by molar-refractivity contribution is 5.44. The fourth-order valence-electron chi connectivity index (χ4n) is 2.42. The van der Waals surface area contributed by atoms with Crippen molar-refractivity contribution in [3.8, 4) is 0 Å². The lowest BCUT2D eigenvalue weighted by Gasteiger charge is -2.11. The minimum atomic E-state index is -0.328. The van der Waals surface area contributed by atoms with E-state index in [1.807, 2.05) is 6.07 Å². The molecule has 1 saturated heterocycles. The number of nitro groups is 1. The summed E-state index contributed by atoms with van der Waals surface area (Å²) in [7, 11) is 0. The van der Waals surface area contributed by atoms with Gasteiger partial charge in [-0.15, -0.1) is 0 Å². The lowest BCUT2D eigenvalue weighted by molar-refractivity contribution is -0.385. The number of hydrogen-bond acceptors (Lipinski definition) is 4. The smallest absolute Gasteiger partial charge is 0.272 e. The van der Waals surface area contributed by atoms with Gasteiger partial charge in [0, 0.05) is 24.8 Å². The molecule has 0 spiro atoms. The lowest BCUT2D eigenvalue weighted by Crippen LogP contribution is -2.20. The average molecular weight is 264 g/mol. The van der Waals surface area contributed by atoms with Crippen molar-refractivity contribution < 1.29 is 9.66 Å². The summed E-state index contributed by atoms with van der Waals surface area (Å²) in [5.74, 6) is 0. The quantitative estimate of drug-likeness (QED) is 0.487. The highest BCUT2D eigenvalue weighted by Gasteiger charge is 2.15. The molecule has 1 atom stereocenters. The Morgan fingerprint density at radius 2 is 2.37 bits per heavy atom. The molecule has 0 bridgehead atoms. The van der Waals surface area contributed by atoms with Gasteiger partial charge in [-0.25, -0.2) is 0 Å². The zero-order chi connectivity index (χ0) is 13.7. The lowest BCUT2D eigenvalue weighted by atomic mass is 10.1. The summed E-state index contributed by atoms with van der Waals surface area (Å²) >= 11 is 0. The van der Waals surface area contributed by atoms with E-state index in [2.05, 4.69) is 5.32 Å². The predicted octanol–water partition coefficient (Wildman–Crippen LogP) is 2.56. The van der Waals surface area contributed by atoms with Gasteiger partial charge >= 0.3 is 0 Å². The van der Waals surface area contributed by atoms with Crippen LogP contribution in [0.1, 0.15) is 30.4 Å². The molecule has 1 unspecified atom stereocenters. The van der Waals surface area contributed by atoms with Crippen LogP contribution in [-0.2, 0) is 11.3 Å². The molecule has 5 heteroatoms. The monoisotopic (exact) mass is 264 g/mol. The van der Waals surface area contributed by atoms with E-state index in [0.29, 0.717) is 12.6 Å². The summed E-state index contributed by atoms with van der Waals surface area (Å²) in [6.45, 7) is 4.23. The molecule has 1 aromatic rings. The van der Waals surface area contributed by atoms with Crippen LogP contribution in [0.5, 0.6) is 0 Å². The van der Waals surface area contributed by atoms with Gasteiger partial charge in [0.15, 0.2) is 0 Å². The van der Waals surface area contributed by atoms with E-state index in [0.717, 1.165) is 43.5 Å². The zero-order valence-corrected chi connectivity index (χ0v) is 11.2. The van der Waals surface area contributed by atoms with Gasteiger partial charge in [0.1, 0.15) is 0 Å². The minimum absolute atomic E-state index is 0.193. The highest BCUT2D eigenvalue weighted by atomic mass is 16.6. The molecule has 2 rings (SSSR count). The Balaban J connectivity index is 1.82. The maximum absolute atomic E-state index is 10.8. The van der Waals surface area contributed by atoms with Gasteiger partial charge in [-0.1, -0.05) is 12.1 Å². The van der Waals surface area contributed by atoms with Crippen molar-refractivity contribution in [3.63, 3.8) is 0 Å². The van der Waals surface area contributed by atoms with E-state index in [4.69, 9.17) is 4.74 Å². The third-order valence-corrected chi connectivity index (χ3v) is 3.60. The van der Waals surface area contributed by atoms with Crippen LogP contribution in [0.2, 0.25) is 0 Å². The van der Waals surface area contributed by atoms with Crippen molar-refractivity contribution in [1.29, 1.82) is 0 Å². The first-order chi connectivity index (χ1) is 9.18. The fraction of sp³-hybridized carbons (Fsp3) is 0.571. The number of ether oxygens (including phenoxy) is 1. The first-order valence-corrected chi connectivity index (χ1v) is 6.73. The topological polar surface area (TPSA) is 64.4 Å². The van der Waals surface area contributed by atoms with E-state index in [1.54, 1.807) is 19.1 Å². The molecule has 1 heterocycles. The molecular weight excluding hydrogens is 244 g/mol. The second kappa shape index (κ2) is 6.63. The molecular formula is C14H20N2O3. The number of benzene rings is 1. The molecule has 1 aliphatic rings. The Morgan fingerprint density at radius 3 is 3.05 bits per heavy atom. The molecule has 1 aliphatic heterocycles.